The monoisotopic (exact) mass is 509 g/mol. The number of rotatable bonds is 8. The summed E-state index contributed by atoms with van der Waals surface area (Å²) in [5.41, 5.74) is 2.46. The Balaban J connectivity index is 1.33. The first-order valence-corrected chi connectivity index (χ1v) is 14.0. The van der Waals surface area contributed by atoms with E-state index >= 15 is 0 Å². The quantitative estimate of drug-likeness (QED) is 0.487. The molecule has 4 rings (SSSR count). The van der Waals surface area contributed by atoms with Crippen LogP contribution in [0.5, 0.6) is 0 Å². The van der Waals surface area contributed by atoms with Gasteiger partial charge < -0.3 is 10.2 Å². The molecule has 2 amide bonds. The van der Waals surface area contributed by atoms with Gasteiger partial charge in [-0.3, -0.25) is 14.5 Å². The SMILES string of the molecule is CC(CC(=O)NC1CCCCC1)CC(=O)N1CCCN(C(c2ccccc2)c2ccc(Cl)cc2)CC1. The summed E-state index contributed by atoms with van der Waals surface area (Å²) in [5.74, 6) is 0.307. The van der Waals surface area contributed by atoms with Gasteiger partial charge in [0.2, 0.25) is 11.8 Å². The third-order valence-electron chi connectivity index (χ3n) is 7.58. The summed E-state index contributed by atoms with van der Waals surface area (Å²) in [6.45, 7) is 5.22. The molecule has 0 radical (unpaired) electrons. The predicted molar refractivity (Wildman–Crippen MR) is 146 cm³/mol. The zero-order chi connectivity index (χ0) is 25.3. The van der Waals surface area contributed by atoms with Crippen LogP contribution in [0.3, 0.4) is 0 Å². The first-order valence-electron chi connectivity index (χ1n) is 13.6. The van der Waals surface area contributed by atoms with E-state index in [9.17, 15) is 9.59 Å². The minimum absolute atomic E-state index is 0.0478. The molecule has 2 aliphatic rings. The largest absolute Gasteiger partial charge is 0.353 e. The minimum atomic E-state index is 0.0478. The van der Waals surface area contributed by atoms with E-state index in [0.717, 1.165) is 43.9 Å². The fourth-order valence-electron chi connectivity index (χ4n) is 5.69. The summed E-state index contributed by atoms with van der Waals surface area (Å²) < 4.78 is 0. The van der Waals surface area contributed by atoms with Gasteiger partial charge in [-0.15, -0.1) is 0 Å². The van der Waals surface area contributed by atoms with Crippen molar-refractivity contribution in [3.63, 3.8) is 0 Å². The highest BCUT2D eigenvalue weighted by molar-refractivity contribution is 6.30. The number of hydrogen-bond donors (Lipinski definition) is 1. The Bertz CT molecular complexity index is 975. The number of benzene rings is 2. The van der Waals surface area contributed by atoms with Crippen molar-refractivity contribution in [1.29, 1.82) is 0 Å². The second kappa shape index (κ2) is 13.3. The molecule has 5 nitrogen and oxygen atoms in total. The van der Waals surface area contributed by atoms with E-state index in [1.807, 2.05) is 30.0 Å². The molecule has 2 unspecified atom stereocenters. The van der Waals surface area contributed by atoms with Gasteiger partial charge in [-0.2, -0.15) is 0 Å². The number of nitrogens with one attached hydrogen (secondary N) is 1. The molecule has 1 aliphatic heterocycles. The van der Waals surface area contributed by atoms with Gasteiger partial charge in [0.05, 0.1) is 6.04 Å². The van der Waals surface area contributed by atoms with Crippen LogP contribution in [0.25, 0.3) is 0 Å². The number of carbonyl (C=O) groups excluding carboxylic acids is 2. The molecule has 2 aromatic rings. The second-order valence-electron chi connectivity index (χ2n) is 10.6. The number of amides is 2. The van der Waals surface area contributed by atoms with Crippen molar-refractivity contribution in [1.82, 2.24) is 15.1 Å². The van der Waals surface area contributed by atoms with Crippen molar-refractivity contribution in [2.75, 3.05) is 26.2 Å². The van der Waals surface area contributed by atoms with Gasteiger partial charge in [0.15, 0.2) is 0 Å². The standard InChI is InChI=1S/C30H40ClN3O2/c1-23(21-28(35)32-27-11-6-3-7-12-27)22-29(36)33-17-8-18-34(20-19-33)30(24-9-4-2-5-10-24)25-13-15-26(31)16-14-25/h2,4-5,9-10,13-16,23,27,30H,3,6-8,11-12,17-22H2,1H3,(H,32,35). The molecule has 0 aromatic heterocycles. The Morgan fingerprint density at radius 1 is 0.861 bits per heavy atom. The number of carbonyl (C=O) groups is 2. The Morgan fingerprint density at radius 2 is 1.56 bits per heavy atom. The summed E-state index contributed by atoms with van der Waals surface area (Å²) >= 11 is 6.17. The molecule has 1 N–H and O–H groups in total. The summed E-state index contributed by atoms with van der Waals surface area (Å²) in [7, 11) is 0. The van der Waals surface area contributed by atoms with E-state index in [2.05, 4.69) is 46.6 Å². The van der Waals surface area contributed by atoms with E-state index in [0.29, 0.717) is 25.4 Å². The van der Waals surface area contributed by atoms with Gasteiger partial charge in [-0.05, 0) is 48.4 Å². The lowest BCUT2D eigenvalue weighted by molar-refractivity contribution is -0.132. The lowest BCUT2D eigenvalue weighted by atomic mass is 9.95. The fraction of sp³-hybridized carbons (Fsp3) is 0.533. The average molecular weight is 510 g/mol. The maximum absolute atomic E-state index is 13.1. The first kappa shape index (κ1) is 26.7. The Hall–Kier alpha value is -2.37. The third kappa shape index (κ3) is 7.57. The van der Waals surface area contributed by atoms with Gasteiger partial charge >= 0.3 is 0 Å². The Labute approximate surface area is 221 Å². The maximum atomic E-state index is 13.1. The lowest BCUT2D eigenvalue weighted by Gasteiger charge is -2.31. The maximum Gasteiger partial charge on any atom is 0.222 e. The average Bonchev–Trinajstić information content (AvgIpc) is 3.13. The first-order chi connectivity index (χ1) is 17.5. The van der Waals surface area contributed by atoms with Crippen molar-refractivity contribution in [3.8, 4) is 0 Å². The van der Waals surface area contributed by atoms with Crippen LogP contribution in [-0.2, 0) is 9.59 Å². The summed E-state index contributed by atoms with van der Waals surface area (Å²) in [4.78, 5) is 30.1. The van der Waals surface area contributed by atoms with Gasteiger partial charge in [0.25, 0.3) is 0 Å². The molecule has 0 bridgehead atoms. The van der Waals surface area contributed by atoms with Crippen molar-refractivity contribution in [2.45, 2.75) is 70.4 Å². The van der Waals surface area contributed by atoms with Crippen LogP contribution in [0, 0.1) is 5.92 Å². The van der Waals surface area contributed by atoms with Crippen molar-refractivity contribution < 1.29 is 9.59 Å². The summed E-state index contributed by atoms with van der Waals surface area (Å²) in [6.07, 6.45) is 7.64. The molecule has 1 saturated carbocycles. The van der Waals surface area contributed by atoms with Crippen LogP contribution in [0.15, 0.2) is 54.6 Å². The number of halogens is 1. The van der Waals surface area contributed by atoms with E-state index in [1.165, 1.54) is 30.4 Å². The minimum Gasteiger partial charge on any atom is -0.353 e. The Kier molecular flexibility index (Phi) is 9.82. The lowest BCUT2D eigenvalue weighted by Crippen LogP contribution is -2.38. The van der Waals surface area contributed by atoms with Gasteiger partial charge in [-0.1, -0.05) is 80.3 Å². The van der Waals surface area contributed by atoms with Crippen molar-refractivity contribution in [3.05, 3.63) is 70.7 Å². The molecule has 2 aromatic carbocycles. The van der Waals surface area contributed by atoms with Crippen molar-refractivity contribution in [2.24, 2.45) is 5.92 Å². The molecule has 0 spiro atoms. The normalized spacial score (nSPS) is 19.3. The van der Waals surface area contributed by atoms with Gasteiger partial charge in [-0.25, -0.2) is 0 Å². The molecule has 1 saturated heterocycles. The molecular formula is C30H40ClN3O2. The second-order valence-corrected chi connectivity index (χ2v) is 11.0. The van der Waals surface area contributed by atoms with Crippen LogP contribution in [0.1, 0.15) is 75.5 Å². The molecule has 6 heteroatoms. The van der Waals surface area contributed by atoms with E-state index < -0.39 is 0 Å². The molecule has 1 heterocycles. The summed E-state index contributed by atoms with van der Waals surface area (Å²) in [6, 6.07) is 19.1. The predicted octanol–water partition coefficient (Wildman–Crippen LogP) is 5.83. The molecular weight excluding hydrogens is 470 g/mol. The van der Waals surface area contributed by atoms with Crippen LogP contribution < -0.4 is 5.32 Å². The summed E-state index contributed by atoms with van der Waals surface area (Å²) in [5, 5.41) is 3.92. The fourth-order valence-corrected chi connectivity index (χ4v) is 5.81. The number of hydrogen-bond acceptors (Lipinski definition) is 3. The van der Waals surface area contributed by atoms with Crippen LogP contribution in [0.4, 0.5) is 0 Å². The smallest absolute Gasteiger partial charge is 0.222 e. The molecule has 2 atom stereocenters. The highest BCUT2D eigenvalue weighted by atomic mass is 35.5. The van der Waals surface area contributed by atoms with Gasteiger partial charge in [0, 0.05) is 50.1 Å². The highest BCUT2D eigenvalue weighted by Crippen LogP contribution is 2.30. The zero-order valence-corrected chi connectivity index (χ0v) is 22.3. The zero-order valence-electron chi connectivity index (χ0n) is 21.5. The highest BCUT2D eigenvalue weighted by Gasteiger charge is 2.27. The topological polar surface area (TPSA) is 52.7 Å². The van der Waals surface area contributed by atoms with Crippen LogP contribution >= 0.6 is 11.6 Å². The van der Waals surface area contributed by atoms with E-state index in [4.69, 9.17) is 11.6 Å². The van der Waals surface area contributed by atoms with Gasteiger partial charge in [0.1, 0.15) is 0 Å². The Morgan fingerprint density at radius 3 is 2.28 bits per heavy atom. The van der Waals surface area contributed by atoms with Crippen LogP contribution in [0.2, 0.25) is 5.02 Å². The van der Waals surface area contributed by atoms with E-state index in [-0.39, 0.29) is 23.8 Å². The van der Waals surface area contributed by atoms with Crippen molar-refractivity contribution >= 4 is 23.4 Å². The number of nitrogens with zero attached hydrogens (tertiary/aromatic N) is 2. The molecule has 2 fully saturated rings. The molecule has 194 valence electrons. The van der Waals surface area contributed by atoms with E-state index in [1.54, 1.807) is 0 Å². The molecule has 1 aliphatic carbocycles. The molecule has 36 heavy (non-hydrogen) atoms. The third-order valence-corrected chi connectivity index (χ3v) is 7.83. The van der Waals surface area contributed by atoms with Crippen LogP contribution in [-0.4, -0.2) is 53.8 Å².